The molecule has 4 heteroatoms. The SMILES string of the molecule is C[C@]12C/C(=C/O)C(=O)C[C@@H]1CC[C@@H]1[C@@H]2CC[C@]2(C)[C@@H](OCCCCCCO)CC[C@@H]12. The van der Waals surface area contributed by atoms with Gasteiger partial charge in [-0.2, -0.15) is 0 Å². The van der Waals surface area contributed by atoms with Gasteiger partial charge in [0, 0.05) is 25.2 Å². The number of aliphatic hydroxyl groups excluding tert-OH is 2. The molecular weight excluding hydrogens is 376 g/mol. The lowest BCUT2D eigenvalue weighted by molar-refractivity contribution is -0.138. The van der Waals surface area contributed by atoms with Crippen LogP contribution in [0.15, 0.2) is 11.8 Å². The highest BCUT2D eigenvalue weighted by Crippen LogP contribution is 2.66. The van der Waals surface area contributed by atoms with Gasteiger partial charge in [-0.25, -0.2) is 0 Å². The van der Waals surface area contributed by atoms with Crippen molar-refractivity contribution in [3.8, 4) is 0 Å². The van der Waals surface area contributed by atoms with E-state index in [4.69, 9.17) is 9.84 Å². The van der Waals surface area contributed by atoms with Crippen LogP contribution in [0.2, 0.25) is 0 Å². The van der Waals surface area contributed by atoms with Gasteiger partial charge in [-0.3, -0.25) is 4.79 Å². The van der Waals surface area contributed by atoms with Crippen molar-refractivity contribution >= 4 is 5.78 Å². The molecule has 0 saturated heterocycles. The van der Waals surface area contributed by atoms with Gasteiger partial charge in [0.15, 0.2) is 5.78 Å². The predicted molar refractivity (Wildman–Crippen MR) is 118 cm³/mol. The van der Waals surface area contributed by atoms with Gasteiger partial charge in [-0.1, -0.05) is 26.7 Å². The first-order chi connectivity index (χ1) is 14.4. The van der Waals surface area contributed by atoms with Crippen molar-refractivity contribution in [1.29, 1.82) is 0 Å². The average Bonchev–Trinajstić information content (AvgIpc) is 3.07. The van der Waals surface area contributed by atoms with Gasteiger partial charge in [-0.15, -0.1) is 0 Å². The van der Waals surface area contributed by atoms with Gasteiger partial charge in [0.05, 0.1) is 12.4 Å². The number of carbonyl (C=O) groups is 1. The zero-order valence-corrected chi connectivity index (χ0v) is 19.1. The number of ether oxygens (including phenoxy) is 1. The fourth-order valence-electron chi connectivity index (χ4n) is 8.15. The summed E-state index contributed by atoms with van der Waals surface area (Å²) in [5.41, 5.74) is 1.13. The van der Waals surface area contributed by atoms with Crippen LogP contribution in [0.25, 0.3) is 0 Å². The van der Waals surface area contributed by atoms with Crippen molar-refractivity contribution in [2.24, 2.45) is 34.5 Å². The summed E-state index contributed by atoms with van der Waals surface area (Å²) in [6.07, 6.45) is 14.6. The lowest BCUT2D eigenvalue weighted by Crippen LogP contribution is -2.54. The lowest BCUT2D eigenvalue weighted by atomic mass is 9.45. The number of allylic oxidation sites excluding steroid dienone is 1. The Balaban J connectivity index is 1.41. The first kappa shape index (κ1) is 22.3. The molecule has 0 heterocycles. The number of hydrogen-bond acceptors (Lipinski definition) is 4. The van der Waals surface area contributed by atoms with Crippen molar-refractivity contribution in [3.63, 3.8) is 0 Å². The molecule has 170 valence electrons. The third kappa shape index (κ3) is 3.77. The molecule has 0 aromatic rings. The van der Waals surface area contributed by atoms with Crippen LogP contribution < -0.4 is 0 Å². The summed E-state index contributed by atoms with van der Waals surface area (Å²) in [7, 11) is 0. The minimum absolute atomic E-state index is 0.165. The molecule has 0 radical (unpaired) electrons. The van der Waals surface area contributed by atoms with Crippen LogP contribution in [-0.4, -0.2) is 35.3 Å². The topological polar surface area (TPSA) is 66.8 Å². The van der Waals surface area contributed by atoms with E-state index in [0.717, 1.165) is 56.8 Å². The van der Waals surface area contributed by atoms with Gasteiger partial charge >= 0.3 is 0 Å². The highest BCUT2D eigenvalue weighted by molar-refractivity contribution is 5.96. The molecule has 4 aliphatic carbocycles. The minimum Gasteiger partial charge on any atom is -0.515 e. The van der Waals surface area contributed by atoms with Crippen LogP contribution in [0.5, 0.6) is 0 Å². The first-order valence-electron chi connectivity index (χ1n) is 12.5. The predicted octanol–water partition coefficient (Wildman–Crippen LogP) is 5.59. The Morgan fingerprint density at radius 3 is 2.53 bits per heavy atom. The molecular formula is C26H42O4. The number of fused-ring (bicyclic) bond motifs is 5. The second-order valence-electron chi connectivity index (χ2n) is 11.2. The second-order valence-corrected chi connectivity index (χ2v) is 11.2. The van der Waals surface area contributed by atoms with E-state index >= 15 is 0 Å². The Morgan fingerprint density at radius 2 is 1.77 bits per heavy atom. The number of rotatable bonds is 7. The molecule has 30 heavy (non-hydrogen) atoms. The summed E-state index contributed by atoms with van der Waals surface area (Å²) < 4.78 is 6.47. The molecule has 0 aromatic carbocycles. The summed E-state index contributed by atoms with van der Waals surface area (Å²) >= 11 is 0. The molecule has 0 amide bonds. The molecule has 7 atom stereocenters. The maximum absolute atomic E-state index is 12.4. The highest BCUT2D eigenvalue weighted by Gasteiger charge is 2.61. The monoisotopic (exact) mass is 418 g/mol. The zero-order chi connectivity index (χ0) is 21.4. The van der Waals surface area contributed by atoms with Crippen molar-refractivity contribution in [1.82, 2.24) is 0 Å². The Labute approximate surface area is 182 Å². The molecule has 0 unspecified atom stereocenters. The van der Waals surface area contributed by atoms with Crippen LogP contribution in [-0.2, 0) is 9.53 Å². The number of ketones is 1. The van der Waals surface area contributed by atoms with E-state index in [9.17, 15) is 9.90 Å². The summed E-state index contributed by atoms with van der Waals surface area (Å²) in [6.45, 7) is 6.08. The number of Topliss-reactive ketones (excluding diaryl/α,β-unsaturated/α-hetero) is 1. The second kappa shape index (κ2) is 8.94. The van der Waals surface area contributed by atoms with Crippen LogP contribution in [0.3, 0.4) is 0 Å². The fraction of sp³-hybridized carbons (Fsp3) is 0.885. The highest BCUT2D eigenvalue weighted by atomic mass is 16.5. The molecule has 4 saturated carbocycles. The van der Waals surface area contributed by atoms with Gasteiger partial charge in [0.1, 0.15) is 0 Å². The summed E-state index contributed by atoms with van der Waals surface area (Å²) in [5.74, 6) is 2.83. The largest absolute Gasteiger partial charge is 0.515 e. The molecule has 2 N–H and O–H groups in total. The van der Waals surface area contributed by atoms with E-state index in [-0.39, 0.29) is 11.2 Å². The lowest BCUT2D eigenvalue weighted by Gasteiger charge is -2.60. The Kier molecular flexibility index (Phi) is 6.65. The number of unbranched alkanes of at least 4 members (excludes halogenated alkanes) is 3. The van der Waals surface area contributed by atoms with E-state index in [1.54, 1.807) is 0 Å². The Bertz CT molecular complexity index is 657. The smallest absolute Gasteiger partial charge is 0.162 e. The van der Waals surface area contributed by atoms with Gasteiger partial charge in [0.2, 0.25) is 0 Å². The Morgan fingerprint density at radius 1 is 1.00 bits per heavy atom. The summed E-state index contributed by atoms with van der Waals surface area (Å²) in [4.78, 5) is 12.4. The Hall–Kier alpha value is -0.870. The van der Waals surface area contributed by atoms with Gasteiger partial charge in [-0.05, 0) is 92.3 Å². The van der Waals surface area contributed by atoms with E-state index in [1.165, 1.54) is 38.5 Å². The number of carbonyl (C=O) groups excluding carboxylic acids is 1. The molecule has 4 fully saturated rings. The molecule has 0 spiro atoms. The fourth-order valence-corrected chi connectivity index (χ4v) is 8.15. The summed E-state index contributed by atoms with van der Waals surface area (Å²) in [5, 5.41) is 18.5. The van der Waals surface area contributed by atoms with Crippen LogP contribution in [0.4, 0.5) is 0 Å². The van der Waals surface area contributed by atoms with E-state index < -0.39 is 0 Å². The molecule has 4 rings (SSSR count). The minimum atomic E-state index is 0.165. The van der Waals surface area contributed by atoms with Crippen molar-refractivity contribution < 1.29 is 19.7 Å². The van der Waals surface area contributed by atoms with Crippen LogP contribution >= 0.6 is 0 Å². The van der Waals surface area contributed by atoms with E-state index in [1.807, 2.05) is 0 Å². The molecule has 4 nitrogen and oxygen atoms in total. The summed E-state index contributed by atoms with van der Waals surface area (Å²) in [6, 6.07) is 0. The van der Waals surface area contributed by atoms with Crippen molar-refractivity contribution in [3.05, 3.63) is 11.8 Å². The van der Waals surface area contributed by atoms with Gasteiger partial charge < -0.3 is 14.9 Å². The third-order valence-corrected chi connectivity index (χ3v) is 9.87. The average molecular weight is 419 g/mol. The zero-order valence-electron chi connectivity index (χ0n) is 19.1. The van der Waals surface area contributed by atoms with E-state index in [0.29, 0.717) is 42.0 Å². The quantitative estimate of drug-likeness (QED) is 0.321. The van der Waals surface area contributed by atoms with Crippen LogP contribution in [0, 0.1) is 34.5 Å². The number of hydrogen-bond donors (Lipinski definition) is 2. The van der Waals surface area contributed by atoms with Crippen molar-refractivity contribution in [2.75, 3.05) is 13.2 Å². The molecule has 0 aromatic heterocycles. The first-order valence-corrected chi connectivity index (χ1v) is 12.5. The van der Waals surface area contributed by atoms with Crippen LogP contribution in [0.1, 0.15) is 90.9 Å². The molecule has 0 bridgehead atoms. The molecule has 4 aliphatic rings. The maximum atomic E-state index is 12.4. The standard InChI is InChI=1S/C26H42O4/c1-25-12-11-22-20(8-7-19-15-23(29)18(17-28)16-26(19,22)2)21(25)9-10-24(25)30-14-6-4-3-5-13-27/h17,19-22,24,27-28H,3-16H2,1-2H3/b18-17-/t19-,20-,21-,22-,24-,25-,26-/m0/s1. The molecule has 0 aliphatic heterocycles. The maximum Gasteiger partial charge on any atom is 0.162 e. The third-order valence-electron chi connectivity index (χ3n) is 9.87. The van der Waals surface area contributed by atoms with Gasteiger partial charge in [0.25, 0.3) is 0 Å². The van der Waals surface area contributed by atoms with E-state index in [2.05, 4.69) is 13.8 Å². The number of aliphatic hydroxyl groups is 2. The normalized spacial score (nSPS) is 44.6. The van der Waals surface area contributed by atoms with Crippen molar-refractivity contribution in [2.45, 2.75) is 97.0 Å².